The molecule has 1 aliphatic rings. The van der Waals surface area contributed by atoms with E-state index in [9.17, 15) is 4.79 Å². The summed E-state index contributed by atoms with van der Waals surface area (Å²) in [6.07, 6.45) is 7.37. The molecule has 0 unspecified atom stereocenters. The zero-order valence-corrected chi connectivity index (χ0v) is 14.8. The number of aromatic nitrogens is 5. The predicted molar refractivity (Wildman–Crippen MR) is 105 cm³/mol. The van der Waals surface area contributed by atoms with Gasteiger partial charge >= 0.3 is 5.69 Å². The van der Waals surface area contributed by atoms with E-state index in [-0.39, 0.29) is 11.7 Å². The minimum Gasteiger partial charge on any atom is -0.351 e. The van der Waals surface area contributed by atoms with Crippen LogP contribution in [0.2, 0.25) is 0 Å². The Bertz CT molecular complexity index is 1160. The minimum atomic E-state index is -0.0713. The predicted octanol–water partition coefficient (Wildman–Crippen LogP) is 3.26. The number of rotatable bonds is 3. The number of benzene rings is 1. The van der Waals surface area contributed by atoms with Crippen molar-refractivity contribution in [1.82, 2.24) is 24.5 Å². The third-order valence-electron chi connectivity index (χ3n) is 5.36. The molecule has 7 nitrogen and oxygen atoms in total. The lowest BCUT2D eigenvalue weighted by Gasteiger charge is -2.29. The van der Waals surface area contributed by atoms with Gasteiger partial charge in [-0.25, -0.2) is 19.7 Å². The maximum atomic E-state index is 12.4. The third-order valence-corrected chi connectivity index (χ3v) is 5.36. The van der Waals surface area contributed by atoms with E-state index in [2.05, 4.69) is 25.3 Å². The molecule has 4 aromatic rings. The van der Waals surface area contributed by atoms with Gasteiger partial charge in [-0.1, -0.05) is 18.2 Å². The van der Waals surface area contributed by atoms with E-state index >= 15 is 0 Å². The summed E-state index contributed by atoms with van der Waals surface area (Å²) in [4.78, 5) is 28.7. The number of para-hydroxylation sites is 1. The molecule has 0 saturated heterocycles. The van der Waals surface area contributed by atoms with E-state index in [1.807, 2.05) is 47.2 Å². The Morgan fingerprint density at radius 2 is 1.89 bits per heavy atom. The van der Waals surface area contributed by atoms with E-state index in [4.69, 9.17) is 0 Å². The second-order valence-corrected chi connectivity index (χ2v) is 7.08. The number of nitrogens with one attached hydrogen (secondary N) is 2. The number of anilines is 1. The fraction of sp³-hybridized carbons (Fsp3) is 0.300. The molecule has 0 spiro atoms. The molecule has 2 N–H and O–H groups in total. The van der Waals surface area contributed by atoms with Crippen molar-refractivity contribution in [3.8, 4) is 0 Å². The monoisotopic (exact) mass is 360 g/mol. The molecule has 136 valence electrons. The van der Waals surface area contributed by atoms with Crippen LogP contribution < -0.4 is 11.0 Å². The van der Waals surface area contributed by atoms with Gasteiger partial charge in [-0.3, -0.25) is 4.57 Å². The molecular weight excluding hydrogens is 340 g/mol. The average Bonchev–Trinajstić information content (AvgIpc) is 3.04. The highest BCUT2D eigenvalue weighted by Crippen LogP contribution is 2.30. The van der Waals surface area contributed by atoms with E-state index < -0.39 is 0 Å². The van der Waals surface area contributed by atoms with Crippen LogP contribution in [0.25, 0.3) is 22.1 Å². The molecule has 0 bridgehead atoms. The fourth-order valence-electron chi connectivity index (χ4n) is 4.00. The largest absolute Gasteiger partial charge is 0.351 e. The molecule has 1 aliphatic carbocycles. The first-order valence-electron chi connectivity index (χ1n) is 9.31. The molecule has 3 aromatic heterocycles. The molecule has 0 radical (unpaired) electrons. The Kier molecular flexibility index (Phi) is 3.85. The molecule has 1 aromatic carbocycles. The number of fused-ring (bicyclic) bond motifs is 2. The smallest absolute Gasteiger partial charge is 0.327 e. The van der Waals surface area contributed by atoms with Gasteiger partial charge in [0.25, 0.3) is 0 Å². The molecule has 1 fully saturated rings. The Hall–Kier alpha value is -3.22. The lowest BCUT2D eigenvalue weighted by atomic mass is 9.91. The van der Waals surface area contributed by atoms with Crippen LogP contribution in [0.1, 0.15) is 31.7 Å². The highest BCUT2D eigenvalue weighted by atomic mass is 16.1. The van der Waals surface area contributed by atoms with Crippen molar-refractivity contribution < 1.29 is 0 Å². The number of H-pyrrole nitrogens is 1. The van der Waals surface area contributed by atoms with Crippen LogP contribution in [0.3, 0.4) is 0 Å². The van der Waals surface area contributed by atoms with Crippen LogP contribution in [0, 0.1) is 0 Å². The summed E-state index contributed by atoms with van der Waals surface area (Å²) in [5.41, 5.74) is 2.42. The van der Waals surface area contributed by atoms with Gasteiger partial charge in [-0.15, -0.1) is 0 Å². The van der Waals surface area contributed by atoms with Gasteiger partial charge < -0.3 is 10.3 Å². The van der Waals surface area contributed by atoms with Gasteiger partial charge in [-0.05, 0) is 43.9 Å². The van der Waals surface area contributed by atoms with Crippen LogP contribution >= 0.6 is 0 Å². The van der Waals surface area contributed by atoms with Crippen molar-refractivity contribution in [2.75, 3.05) is 5.32 Å². The minimum absolute atomic E-state index is 0.0713. The topological polar surface area (TPSA) is 88.5 Å². The number of pyridine rings is 1. The van der Waals surface area contributed by atoms with Crippen molar-refractivity contribution >= 4 is 28.0 Å². The summed E-state index contributed by atoms with van der Waals surface area (Å²) in [6.45, 7) is 0. The Morgan fingerprint density at radius 3 is 2.78 bits per heavy atom. The highest BCUT2D eigenvalue weighted by Gasteiger charge is 2.25. The first-order chi connectivity index (χ1) is 13.3. The van der Waals surface area contributed by atoms with Crippen LogP contribution in [0.4, 0.5) is 5.95 Å². The summed E-state index contributed by atoms with van der Waals surface area (Å²) in [7, 11) is 0. The van der Waals surface area contributed by atoms with Crippen LogP contribution in [-0.4, -0.2) is 30.5 Å². The number of aromatic amines is 1. The second kappa shape index (κ2) is 6.50. The lowest BCUT2D eigenvalue weighted by Crippen LogP contribution is -2.31. The summed E-state index contributed by atoms with van der Waals surface area (Å²) in [6, 6.07) is 12.2. The highest BCUT2D eigenvalue weighted by molar-refractivity contribution is 5.78. The van der Waals surface area contributed by atoms with Gasteiger partial charge in [0.05, 0.1) is 11.0 Å². The van der Waals surface area contributed by atoms with Crippen molar-refractivity contribution in [2.24, 2.45) is 0 Å². The zero-order chi connectivity index (χ0) is 18.2. The van der Waals surface area contributed by atoms with Crippen molar-refractivity contribution in [1.29, 1.82) is 0 Å². The summed E-state index contributed by atoms with van der Waals surface area (Å²) >= 11 is 0. The first-order valence-corrected chi connectivity index (χ1v) is 9.31. The molecule has 7 heteroatoms. The number of nitrogens with zero attached hydrogens (tertiary/aromatic N) is 4. The molecule has 0 amide bonds. The van der Waals surface area contributed by atoms with E-state index in [0.29, 0.717) is 12.0 Å². The quantitative estimate of drug-likeness (QED) is 0.585. The van der Waals surface area contributed by atoms with E-state index in [0.717, 1.165) is 47.8 Å². The molecule has 27 heavy (non-hydrogen) atoms. The Balaban J connectivity index is 1.31. The summed E-state index contributed by atoms with van der Waals surface area (Å²) in [5, 5.41) is 4.50. The van der Waals surface area contributed by atoms with Crippen molar-refractivity contribution in [3.05, 3.63) is 59.3 Å². The number of hydrogen-bond acceptors (Lipinski definition) is 5. The van der Waals surface area contributed by atoms with Gasteiger partial charge in [0.1, 0.15) is 0 Å². The van der Waals surface area contributed by atoms with Crippen LogP contribution in [-0.2, 0) is 0 Å². The molecule has 3 heterocycles. The van der Waals surface area contributed by atoms with Crippen LogP contribution in [0.15, 0.2) is 53.6 Å². The van der Waals surface area contributed by atoms with E-state index in [1.165, 1.54) is 0 Å². The Labute approximate surface area is 155 Å². The summed E-state index contributed by atoms with van der Waals surface area (Å²) < 4.78 is 1.82. The second-order valence-electron chi connectivity index (χ2n) is 7.08. The SMILES string of the molecule is O=c1[nH]c2cccnc2n1C1CCC(Nc2ncc3ccccc3n2)CC1. The molecular formula is C20H20N6O. The number of hydrogen-bond donors (Lipinski definition) is 2. The normalized spacial score (nSPS) is 20.1. The number of imidazole rings is 1. The lowest BCUT2D eigenvalue weighted by molar-refractivity contribution is 0.333. The summed E-state index contributed by atoms with van der Waals surface area (Å²) in [5.74, 6) is 0.670. The molecule has 0 atom stereocenters. The van der Waals surface area contributed by atoms with E-state index in [1.54, 1.807) is 6.20 Å². The van der Waals surface area contributed by atoms with Crippen LogP contribution in [0.5, 0.6) is 0 Å². The third kappa shape index (κ3) is 2.95. The average molecular weight is 360 g/mol. The van der Waals surface area contributed by atoms with Gasteiger partial charge in [0.15, 0.2) is 5.65 Å². The fourth-order valence-corrected chi connectivity index (χ4v) is 4.00. The standard InChI is InChI=1S/C20H20N6O/c27-20-25-17-6-3-11-21-18(17)26(20)15-9-7-14(8-10-15)23-19-22-12-13-4-1-2-5-16(13)24-19/h1-6,11-12,14-15H,7-10H2,(H,25,27)(H,22,23,24). The van der Waals surface area contributed by atoms with Gasteiger partial charge in [0.2, 0.25) is 5.95 Å². The molecule has 5 rings (SSSR count). The maximum Gasteiger partial charge on any atom is 0.327 e. The first kappa shape index (κ1) is 16.0. The van der Waals surface area contributed by atoms with Crippen molar-refractivity contribution in [2.45, 2.75) is 37.8 Å². The maximum absolute atomic E-state index is 12.4. The molecule has 0 aliphatic heterocycles. The van der Waals surface area contributed by atoms with Gasteiger partial charge in [0, 0.05) is 29.9 Å². The Morgan fingerprint density at radius 1 is 1.04 bits per heavy atom. The molecule has 1 saturated carbocycles. The zero-order valence-electron chi connectivity index (χ0n) is 14.8. The van der Waals surface area contributed by atoms with Crippen molar-refractivity contribution in [3.63, 3.8) is 0 Å². The van der Waals surface area contributed by atoms with Gasteiger partial charge in [-0.2, -0.15) is 0 Å².